The molecule has 0 bridgehead atoms. The fraction of sp³-hybridized carbons (Fsp3) is 0.400. The van der Waals surface area contributed by atoms with E-state index in [0.717, 1.165) is 21.3 Å². The molecule has 0 saturated carbocycles. The number of halogens is 1. The molecular weight excluding hydrogens is 184 g/mol. The summed E-state index contributed by atoms with van der Waals surface area (Å²) < 4.78 is 0. The van der Waals surface area contributed by atoms with Crippen LogP contribution in [0, 0.1) is 0 Å². The van der Waals surface area contributed by atoms with Gasteiger partial charge in [-0.25, -0.2) is 0 Å². The van der Waals surface area contributed by atoms with Crippen molar-refractivity contribution in [2.45, 2.75) is 19.8 Å². The summed E-state index contributed by atoms with van der Waals surface area (Å²) in [5.74, 6) is 0.439. The summed E-state index contributed by atoms with van der Waals surface area (Å²) in [6.07, 6.45) is 0. The van der Waals surface area contributed by atoms with Crippen molar-refractivity contribution >= 4 is 11.6 Å². The minimum atomic E-state index is 0.439. The Balaban J connectivity index is 2.71. The van der Waals surface area contributed by atoms with Crippen LogP contribution in [-0.4, -0.2) is 6.67 Å². The standard InChI is InChI=1S/C10H11ClN2/c1-6(2)7-3-9-10(4-8(7)11)13-5-12-9/h3-4,6H,5H2,1-2H3. The third-order valence-electron chi connectivity index (χ3n) is 2.20. The smallest absolute Gasteiger partial charge is 0.130 e. The van der Waals surface area contributed by atoms with Gasteiger partial charge in [0.25, 0.3) is 0 Å². The SMILES string of the molecule is CC(C)c1cc2c(cc1Cl)=NCN=2. The highest BCUT2D eigenvalue weighted by atomic mass is 35.5. The summed E-state index contributed by atoms with van der Waals surface area (Å²) in [5, 5.41) is 2.71. The van der Waals surface area contributed by atoms with Gasteiger partial charge in [-0.15, -0.1) is 0 Å². The van der Waals surface area contributed by atoms with Crippen molar-refractivity contribution in [2.75, 3.05) is 6.67 Å². The molecule has 1 aromatic carbocycles. The van der Waals surface area contributed by atoms with E-state index in [9.17, 15) is 0 Å². The molecular formula is C10H11ClN2. The lowest BCUT2D eigenvalue weighted by Crippen LogP contribution is -2.22. The van der Waals surface area contributed by atoms with Crippen molar-refractivity contribution in [3.63, 3.8) is 0 Å². The second-order valence-electron chi connectivity index (χ2n) is 3.47. The van der Waals surface area contributed by atoms with Gasteiger partial charge in [-0.3, -0.25) is 9.98 Å². The van der Waals surface area contributed by atoms with E-state index < -0.39 is 0 Å². The molecule has 0 spiro atoms. The van der Waals surface area contributed by atoms with Crippen molar-refractivity contribution in [1.82, 2.24) is 0 Å². The van der Waals surface area contributed by atoms with Gasteiger partial charge in [-0.2, -0.15) is 0 Å². The van der Waals surface area contributed by atoms with Crippen molar-refractivity contribution < 1.29 is 0 Å². The van der Waals surface area contributed by atoms with Crippen LogP contribution < -0.4 is 10.7 Å². The molecule has 1 aliphatic rings. The van der Waals surface area contributed by atoms with Gasteiger partial charge >= 0.3 is 0 Å². The van der Waals surface area contributed by atoms with E-state index in [-0.39, 0.29) is 0 Å². The molecule has 3 heteroatoms. The van der Waals surface area contributed by atoms with E-state index in [2.05, 4.69) is 23.8 Å². The second-order valence-corrected chi connectivity index (χ2v) is 3.88. The molecule has 0 amide bonds. The normalized spacial score (nSPS) is 13.8. The van der Waals surface area contributed by atoms with Crippen LogP contribution in [0.1, 0.15) is 25.3 Å². The Morgan fingerprint density at radius 3 is 2.46 bits per heavy atom. The van der Waals surface area contributed by atoms with E-state index in [1.54, 1.807) is 0 Å². The molecule has 68 valence electrons. The van der Waals surface area contributed by atoms with Gasteiger partial charge in [-0.05, 0) is 23.6 Å². The summed E-state index contributed by atoms with van der Waals surface area (Å²) >= 11 is 6.10. The minimum Gasteiger partial charge on any atom is -0.260 e. The lowest BCUT2D eigenvalue weighted by atomic mass is 10.0. The number of nitrogens with zero attached hydrogens (tertiary/aromatic N) is 2. The first-order valence-electron chi connectivity index (χ1n) is 4.37. The van der Waals surface area contributed by atoms with Crippen molar-refractivity contribution in [1.29, 1.82) is 0 Å². The van der Waals surface area contributed by atoms with Gasteiger partial charge in [0.05, 0.1) is 10.7 Å². The average Bonchev–Trinajstić information content (AvgIpc) is 2.48. The zero-order chi connectivity index (χ0) is 9.42. The van der Waals surface area contributed by atoms with Crippen LogP contribution in [0.15, 0.2) is 22.1 Å². The van der Waals surface area contributed by atoms with Crippen molar-refractivity contribution in [3.05, 3.63) is 33.4 Å². The number of fused-ring (bicyclic) bond motifs is 1. The summed E-state index contributed by atoms with van der Waals surface area (Å²) in [6.45, 7) is 4.80. The van der Waals surface area contributed by atoms with Crippen LogP contribution in [-0.2, 0) is 0 Å². The lowest BCUT2D eigenvalue weighted by Gasteiger charge is -2.06. The van der Waals surface area contributed by atoms with E-state index in [1.165, 1.54) is 0 Å². The molecule has 2 nitrogen and oxygen atoms in total. The molecule has 0 unspecified atom stereocenters. The van der Waals surface area contributed by atoms with Crippen molar-refractivity contribution in [3.8, 4) is 0 Å². The summed E-state index contributed by atoms with van der Waals surface area (Å²) in [7, 11) is 0. The zero-order valence-electron chi connectivity index (χ0n) is 7.71. The highest BCUT2D eigenvalue weighted by Crippen LogP contribution is 2.20. The third kappa shape index (κ3) is 1.46. The molecule has 1 aromatic rings. The third-order valence-corrected chi connectivity index (χ3v) is 2.53. The number of hydrogen-bond acceptors (Lipinski definition) is 2. The number of rotatable bonds is 1. The Labute approximate surface area is 82.0 Å². The van der Waals surface area contributed by atoms with E-state index in [0.29, 0.717) is 12.6 Å². The Kier molecular flexibility index (Phi) is 2.08. The first-order chi connectivity index (χ1) is 6.18. The molecule has 0 N–H and O–H groups in total. The van der Waals surface area contributed by atoms with Crippen LogP contribution in [0.3, 0.4) is 0 Å². The summed E-state index contributed by atoms with van der Waals surface area (Å²) in [6, 6.07) is 3.95. The Bertz CT molecular complexity index is 449. The van der Waals surface area contributed by atoms with Crippen LogP contribution in [0.5, 0.6) is 0 Å². The molecule has 0 aliphatic carbocycles. The minimum absolute atomic E-state index is 0.439. The summed E-state index contributed by atoms with van der Waals surface area (Å²) in [5.41, 5.74) is 1.15. The largest absolute Gasteiger partial charge is 0.260 e. The zero-order valence-corrected chi connectivity index (χ0v) is 8.47. The first-order valence-corrected chi connectivity index (χ1v) is 4.74. The molecule has 0 saturated heterocycles. The highest BCUT2D eigenvalue weighted by molar-refractivity contribution is 6.31. The van der Waals surface area contributed by atoms with Gasteiger partial charge < -0.3 is 0 Å². The van der Waals surface area contributed by atoms with Gasteiger partial charge in [0.1, 0.15) is 6.67 Å². The van der Waals surface area contributed by atoms with E-state index in [4.69, 9.17) is 11.6 Å². The monoisotopic (exact) mass is 194 g/mol. The average molecular weight is 195 g/mol. The molecule has 1 aliphatic heterocycles. The van der Waals surface area contributed by atoms with E-state index in [1.807, 2.05) is 12.1 Å². The van der Waals surface area contributed by atoms with Crippen LogP contribution in [0.2, 0.25) is 5.02 Å². The predicted octanol–water partition coefficient (Wildman–Crippen LogP) is 1.67. The quantitative estimate of drug-likeness (QED) is 0.650. The van der Waals surface area contributed by atoms with Crippen LogP contribution >= 0.6 is 11.6 Å². The first kappa shape index (κ1) is 8.70. The maximum Gasteiger partial charge on any atom is 0.130 e. The lowest BCUT2D eigenvalue weighted by molar-refractivity contribution is 0.863. The summed E-state index contributed by atoms with van der Waals surface area (Å²) in [4.78, 5) is 8.47. The van der Waals surface area contributed by atoms with E-state index >= 15 is 0 Å². The molecule has 0 atom stereocenters. The van der Waals surface area contributed by atoms with Crippen LogP contribution in [0.25, 0.3) is 0 Å². The molecule has 0 radical (unpaired) electrons. The van der Waals surface area contributed by atoms with Gasteiger partial charge in [0.15, 0.2) is 0 Å². The maximum absolute atomic E-state index is 6.10. The fourth-order valence-corrected chi connectivity index (χ4v) is 1.83. The molecule has 13 heavy (non-hydrogen) atoms. The Morgan fingerprint density at radius 1 is 1.23 bits per heavy atom. The van der Waals surface area contributed by atoms with Crippen LogP contribution in [0.4, 0.5) is 0 Å². The molecule has 1 heterocycles. The molecule has 0 aromatic heterocycles. The Morgan fingerprint density at radius 2 is 1.85 bits per heavy atom. The van der Waals surface area contributed by atoms with Gasteiger partial charge in [0, 0.05) is 5.02 Å². The van der Waals surface area contributed by atoms with Crippen molar-refractivity contribution in [2.24, 2.45) is 9.98 Å². The maximum atomic E-state index is 6.10. The molecule has 0 fully saturated rings. The van der Waals surface area contributed by atoms with Gasteiger partial charge in [-0.1, -0.05) is 25.4 Å². The number of benzene rings is 1. The molecule has 2 rings (SSSR count). The number of hydrogen-bond donors (Lipinski definition) is 0. The fourth-order valence-electron chi connectivity index (χ4n) is 1.45. The highest BCUT2D eigenvalue weighted by Gasteiger charge is 2.07. The second kappa shape index (κ2) is 3.11. The van der Waals surface area contributed by atoms with Gasteiger partial charge in [0.2, 0.25) is 0 Å². The topological polar surface area (TPSA) is 24.7 Å². The predicted molar refractivity (Wildman–Crippen MR) is 52.7 cm³/mol. The Hall–Kier alpha value is -0.890.